The molecule has 1 aromatic heterocycles. The molecule has 1 aromatic carbocycles. The van der Waals surface area contributed by atoms with Crippen molar-refractivity contribution >= 4 is 18.5 Å². The van der Waals surface area contributed by atoms with Gasteiger partial charge in [0.05, 0.1) is 31.1 Å². The van der Waals surface area contributed by atoms with Gasteiger partial charge in [-0.1, -0.05) is 32.9 Å². The van der Waals surface area contributed by atoms with E-state index in [1.54, 1.807) is 25.1 Å². The van der Waals surface area contributed by atoms with Gasteiger partial charge in [-0.25, -0.2) is 4.74 Å². The molecule has 0 aliphatic carbocycles. The van der Waals surface area contributed by atoms with Crippen LogP contribution in [0.25, 0.3) is 0 Å². The zero-order valence-electron chi connectivity index (χ0n) is 18.4. The molecule has 1 saturated heterocycles. The zero-order valence-corrected chi connectivity index (χ0v) is 19.3. The fourth-order valence-corrected chi connectivity index (χ4v) is 6.48. The Balaban J connectivity index is 2.08. The number of ether oxygens (including phenoxy) is 1. The van der Waals surface area contributed by atoms with Crippen LogP contribution in [0.3, 0.4) is 0 Å². The lowest BCUT2D eigenvalue weighted by molar-refractivity contribution is -0.137. The van der Waals surface area contributed by atoms with Crippen LogP contribution in [-0.4, -0.2) is 49.5 Å². The highest BCUT2D eigenvalue weighted by Crippen LogP contribution is 2.63. The van der Waals surface area contributed by atoms with E-state index in [-0.39, 0.29) is 5.69 Å². The summed E-state index contributed by atoms with van der Waals surface area (Å²) in [4.78, 5) is 2.22. The highest BCUT2D eigenvalue weighted by atomic mass is 31.2. The van der Waals surface area contributed by atoms with Gasteiger partial charge in [-0.15, -0.1) is 0 Å². The quantitative estimate of drug-likeness (QED) is 0.512. The second kappa shape index (κ2) is 9.49. The second-order valence-corrected chi connectivity index (χ2v) is 11.9. The molecule has 31 heavy (non-hydrogen) atoms. The highest BCUT2D eigenvalue weighted by Gasteiger charge is 2.42. The van der Waals surface area contributed by atoms with Crippen molar-refractivity contribution in [1.82, 2.24) is 4.90 Å². The molecule has 1 atom stereocenters. The maximum absolute atomic E-state index is 13.7. The molecule has 0 spiro atoms. The van der Waals surface area contributed by atoms with Crippen molar-refractivity contribution in [2.45, 2.75) is 39.0 Å². The van der Waals surface area contributed by atoms with E-state index in [1.165, 1.54) is 12.1 Å². The zero-order chi connectivity index (χ0) is 22.7. The van der Waals surface area contributed by atoms with Crippen LogP contribution >= 0.6 is 7.28 Å². The van der Waals surface area contributed by atoms with Crippen molar-refractivity contribution in [3.63, 3.8) is 0 Å². The van der Waals surface area contributed by atoms with Gasteiger partial charge in [-0.3, -0.25) is 4.90 Å². The average molecular weight is 458 g/mol. The normalized spacial score (nSPS) is 18.0. The third kappa shape index (κ3) is 5.61. The summed E-state index contributed by atoms with van der Waals surface area (Å²) >= 11 is 0. The molecular formula is C22H30F3N2O3P. The van der Waals surface area contributed by atoms with E-state index in [9.17, 15) is 13.2 Å². The predicted octanol–water partition coefficient (Wildman–Crippen LogP) is 5.83. The average Bonchev–Trinajstić information content (AvgIpc) is 3.13. The van der Waals surface area contributed by atoms with Crippen LogP contribution < -0.4 is 5.50 Å². The number of hydrogen-bond acceptors (Lipinski definition) is 5. The van der Waals surface area contributed by atoms with Crippen LogP contribution in [0.4, 0.5) is 18.9 Å². The number of morpholine rings is 1. The van der Waals surface area contributed by atoms with Gasteiger partial charge in [0.2, 0.25) is 0 Å². The Bertz CT molecular complexity index is 929. The summed E-state index contributed by atoms with van der Waals surface area (Å²) in [5, 5.41) is -0.582. The molecule has 2 aromatic rings. The number of halogens is 3. The van der Waals surface area contributed by atoms with E-state index in [0.29, 0.717) is 37.6 Å². The van der Waals surface area contributed by atoms with Gasteiger partial charge < -0.3 is 13.7 Å². The Morgan fingerprint density at radius 3 is 2.32 bits per heavy atom. The maximum Gasteiger partial charge on any atom is 0.418 e. The smallest absolute Gasteiger partial charge is 0.418 e. The lowest BCUT2D eigenvalue weighted by atomic mass is 10.2. The third-order valence-corrected chi connectivity index (χ3v) is 8.89. The number of furan rings is 1. The molecule has 0 radical (unpaired) electrons. The predicted molar refractivity (Wildman–Crippen MR) is 116 cm³/mol. The number of alkyl halides is 3. The van der Waals surface area contributed by atoms with Crippen molar-refractivity contribution in [2.75, 3.05) is 39.5 Å². The van der Waals surface area contributed by atoms with Crippen LogP contribution in [0.1, 0.15) is 32.1 Å². The minimum absolute atomic E-state index is 0.126. The highest BCUT2D eigenvalue weighted by molar-refractivity contribution is 7.70. The summed E-state index contributed by atoms with van der Waals surface area (Å²) < 4.78 is 63.6. The van der Waals surface area contributed by atoms with E-state index in [2.05, 4.69) is 4.90 Å². The van der Waals surface area contributed by atoms with Crippen LogP contribution in [0.5, 0.6) is 0 Å². The molecule has 1 unspecified atom stereocenters. The molecular weight excluding hydrogens is 428 g/mol. The molecule has 2 heterocycles. The minimum Gasteiger partial charge on any atom is -0.458 e. The second-order valence-electron chi connectivity index (χ2n) is 8.53. The van der Waals surface area contributed by atoms with Gasteiger partial charge in [0.15, 0.2) is 12.8 Å². The van der Waals surface area contributed by atoms with E-state index in [1.807, 2.05) is 20.8 Å². The molecule has 3 rings (SSSR count). The van der Waals surface area contributed by atoms with Crippen LogP contribution in [-0.2, 0) is 15.4 Å². The van der Waals surface area contributed by atoms with Gasteiger partial charge in [0, 0.05) is 24.8 Å². The first-order valence-corrected chi connectivity index (χ1v) is 12.0. The molecule has 1 aliphatic heterocycles. The standard InChI is InChI=1S/C22H30F3N2O3P/c1-17-9-10-20(30-17)31(21(2,3)4,29-16-13-27-11-14-28-15-12-27)26-19-8-6-5-7-18(19)22(23,24)25/h5-10H,11-16H2,1-4H3. The summed E-state index contributed by atoms with van der Waals surface area (Å²) in [5.41, 5.74) is -0.404. The summed E-state index contributed by atoms with van der Waals surface area (Å²) in [7, 11) is -3.00. The van der Waals surface area contributed by atoms with Gasteiger partial charge in [0.1, 0.15) is 5.76 Å². The summed E-state index contributed by atoms with van der Waals surface area (Å²) in [5.74, 6) is 0.666. The fraction of sp³-hybridized carbons (Fsp3) is 0.545. The molecule has 0 saturated carbocycles. The summed E-state index contributed by atoms with van der Waals surface area (Å²) in [6.45, 7) is 11.5. The Morgan fingerprint density at radius 1 is 1.06 bits per heavy atom. The number of rotatable bonds is 6. The Kier molecular flexibility index (Phi) is 7.36. The van der Waals surface area contributed by atoms with Crippen molar-refractivity contribution in [2.24, 2.45) is 4.74 Å². The number of benzene rings is 1. The molecule has 9 heteroatoms. The number of hydrogen-bond donors (Lipinski definition) is 0. The van der Waals surface area contributed by atoms with E-state index < -0.39 is 24.2 Å². The molecule has 0 amide bonds. The maximum atomic E-state index is 13.7. The molecule has 1 fully saturated rings. The van der Waals surface area contributed by atoms with Crippen molar-refractivity contribution in [3.8, 4) is 0 Å². The monoisotopic (exact) mass is 458 g/mol. The van der Waals surface area contributed by atoms with Gasteiger partial charge >= 0.3 is 6.18 Å². The first-order valence-electron chi connectivity index (χ1n) is 10.3. The Labute approximate surface area is 181 Å². The number of nitrogens with zero attached hydrogens (tertiary/aromatic N) is 2. The van der Waals surface area contributed by atoms with Crippen molar-refractivity contribution in [1.29, 1.82) is 0 Å². The minimum atomic E-state index is -4.51. The van der Waals surface area contributed by atoms with Gasteiger partial charge in [0.25, 0.3) is 0 Å². The fourth-order valence-electron chi connectivity index (χ4n) is 3.48. The van der Waals surface area contributed by atoms with Gasteiger partial charge in [-0.2, -0.15) is 13.2 Å². The first kappa shape index (κ1) is 24.1. The molecule has 172 valence electrons. The van der Waals surface area contributed by atoms with Crippen LogP contribution in [0.15, 0.2) is 45.6 Å². The first-order chi connectivity index (χ1) is 14.5. The molecule has 0 N–H and O–H groups in total. The molecule has 5 nitrogen and oxygen atoms in total. The Hall–Kier alpha value is -1.60. The van der Waals surface area contributed by atoms with Crippen LogP contribution in [0, 0.1) is 6.92 Å². The largest absolute Gasteiger partial charge is 0.458 e. The Morgan fingerprint density at radius 2 is 1.74 bits per heavy atom. The molecule has 0 bridgehead atoms. The SMILES string of the molecule is Cc1ccc(P(=Nc2ccccc2C(F)(F)F)(OCCN2CCOCC2)C(C)(C)C)o1. The van der Waals surface area contributed by atoms with E-state index >= 15 is 0 Å². The summed E-state index contributed by atoms with van der Waals surface area (Å²) in [6.07, 6.45) is -4.51. The van der Waals surface area contributed by atoms with Crippen LogP contribution in [0.2, 0.25) is 0 Å². The van der Waals surface area contributed by atoms with E-state index in [4.69, 9.17) is 18.4 Å². The lowest BCUT2D eigenvalue weighted by Gasteiger charge is -2.36. The number of aryl methyl sites for hydroxylation is 1. The van der Waals surface area contributed by atoms with E-state index in [0.717, 1.165) is 19.2 Å². The molecule has 1 aliphatic rings. The third-order valence-electron chi connectivity index (χ3n) is 5.18. The topological polar surface area (TPSA) is 47.2 Å². The van der Waals surface area contributed by atoms with Gasteiger partial charge in [-0.05, 0) is 31.2 Å². The van der Waals surface area contributed by atoms with Crippen molar-refractivity contribution in [3.05, 3.63) is 47.7 Å². The summed E-state index contributed by atoms with van der Waals surface area (Å²) in [6, 6.07) is 8.96. The van der Waals surface area contributed by atoms with Crippen molar-refractivity contribution < 1.29 is 26.8 Å². The lowest BCUT2D eigenvalue weighted by Crippen LogP contribution is -2.38.